The van der Waals surface area contributed by atoms with Crippen LogP contribution < -0.4 is 19.6 Å². The second-order valence-corrected chi connectivity index (χ2v) is 25.9. The minimum atomic E-state index is -5.05. The van der Waals surface area contributed by atoms with Gasteiger partial charge in [0.2, 0.25) is 0 Å². The molecule has 0 amide bonds. The Kier molecular flexibility index (Phi) is 14.4. The fourth-order valence-electron chi connectivity index (χ4n) is 10.3. The van der Waals surface area contributed by atoms with Crippen molar-refractivity contribution in [2.75, 3.05) is 19.6 Å². The van der Waals surface area contributed by atoms with E-state index < -0.39 is 35.3 Å². The van der Waals surface area contributed by atoms with Crippen molar-refractivity contribution in [3.8, 4) is 0 Å². The summed E-state index contributed by atoms with van der Waals surface area (Å²) in [4.78, 5) is 50.7. The summed E-state index contributed by atoms with van der Waals surface area (Å²) in [5.41, 5.74) is 12.2. The highest BCUT2D eigenvalue weighted by Crippen LogP contribution is 2.49. The zero-order valence-electron chi connectivity index (χ0n) is 42.8. The largest absolute Gasteiger partial charge is 0.607 e. The Labute approximate surface area is 403 Å². The van der Waals surface area contributed by atoms with Gasteiger partial charge in [-0.1, -0.05) is 184 Å². The Morgan fingerprint density at radius 3 is 0.716 bits per heavy atom. The first-order chi connectivity index (χ1) is 31.5. The topological polar surface area (TPSA) is 98.2 Å². The van der Waals surface area contributed by atoms with E-state index in [-0.39, 0.29) is 47.3 Å². The summed E-state index contributed by atoms with van der Waals surface area (Å²) in [6.07, 6.45) is 6.77. The molecule has 2 N–H and O–H groups in total. The second kappa shape index (κ2) is 19.3. The van der Waals surface area contributed by atoms with Crippen molar-refractivity contribution in [3.63, 3.8) is 0 Å². The molecule has 12 heteroatoms. The van der Waals surface area contributed by atoms with Gasteiger partial charge < -0.3 is 42.2 Å². The van der Waals surface area contributed by atoms with Crippen molar-refractivity contribution >= 4 is 46.5 Å². The maximum atomic E-state index is 14.7. The summed E-state index contributed by atoms with van der Waals surface area (Å²) < 4.78 is 19.7. The zero-order valence-corrected chi connectivity index (χ0v) is 44.8. The molecule has 2 unspecified atom stereocenters. The summed E-state index contributed by atoms with van der Waals surface area (Å²) in [6, 6.07) is 25.4. The van der Waals surface area contributed by atoms with E-state index in [2.05, 4.69) is 184 Å². The Hall–Kier alpha value is -4.86. The van der Waals surface area contributed by atoms with E-state index in [0.717, 1.165) is 67.3 Å². The van der Waals surface area contributed by atoms with E-state index in [1.165, 1.54) is 0 Å². The number of para-hydroxylation sites is 4. The van der Waals surface area contributed by atoms with Gasteiger partial charge in [-0.25, -0.2) is 4.79 Å². The molecule has 3 heterocycles. The van der Waals surface area contributed by atoms with E-state index in [9.17, 15) is 14.4 Å². The number of carbonyl (C=O) groups is 1. The van der Waals surface area contributed by atoms with Crippen molar-refractivity contribution in [1.29, 1.82) is 0 Å². The Bertz CT molecular complexity index is 2100. The number of rotatable bonds is 14. The van der Waals surface area contributed by atoms with Gasteiger partial charge in [-0.3, -0.25) is 0 Å². The molecule has 1 saturated heterocycles. The first kappa shape index (κ1) is 50.0. The minimum absolute atomic E-state index is 0.103. The SMILES string of the molecule is CC(C)c1cccc(C(C)C)c1N1C=CN(c2c(C(C)C)cccc2C(C)C)C1[Si]1(O)OC(=O)O[Si](O)(C2N(c3c(C(C)C)cccc3C(C)C)C=CN2c2c(C(C)C)cccc2C(C)C)O1. The molecule has 0 spiro atoms. The molecular weight excluding hydrogens is 869 g/mol. The number of carbonyl (C=O) groups excluding carboxylic acids is 1. The van der Waals surface area contributed by atoms with Gasteiger partial charge in [0.05, 0.1) is 0 Å². The van der Waals surface area contributed by atoms with Gasteiger partial charge in [-0.2, -0.15) is 0 Å². The lowest BCUT2D eigenvalue weighted by atomic mass is 9.91. The van der Waals surface area contributed by atoms with Crippen LogP contribution in [0, 0.1) is 0 Å². The van der Waals surface area contributed by atoms with Crippen LogP contribution in [0.5, 0.6) is 0 Å². The van der Waals surface area contributed by atoms with Crippen LogP contribution in [0.4, 0.5) is 27.5 Å². The smallest absolute Gasteiger partial charge is 0.440 e. The molecular formula is C55H76N4O6Si2. The Morgan fingerprint density at radius 2 is 0.552 bits per heavy atom. The average Bonchev–Trinajstić information content (AvgIpc) is 3.91. The van der Waals surface area contributed by atoms with Crippen LogP contribution in [0.3, 0.4) is 0 Å². The molecule has 2 atom stereocenters. The first-order valence-electron chi connectivity index (χ1n) is 24.6. The van der Waals surface area contributed by atoms with Crippen LogP contribution in [0.1, 0.15) is 203 Å². The molecule has 0 aromatic heterocycles. The molecule has 67 heavy (non-hydrogen) atoms. The fourth-order valence-corrected chi connectivity index (χ4v) is 16.3. The predicted molar refractivity (Wildman–Crippen MR) is 279 cm³/mol. The lowest BCUT2D eigenvalue weighted by molar-refractivity contribution is 0.0338. The maximum absolute atomic E-state index is 14.7. The summed E-state index contributed by atoms with van der Waals surface area (Å²) in [5.74, 6) is -1.41. The third-order valence-corrected chi connectivity index (χ3v) is 19.3. The van der Waals surface area contributed by atoms with Gasteiger partial charge in [0.25, 0.3) is 0 Å². The second-order valence-electron chi connectivity index (χ2n) is 21.2. The molecule has 0 bridgehead atoms. The Morgan fingerprint density at radius 1 is 0.373 bits per heavy atom. The van der Waals surface area contributed by atoms with Crippen LogP contribution in [0.15, 0.2) is 97.6 Å². The highest BCUT2D eigenvalue weighted by atomic mass is 28.5. The van der Waals surface area contributed by atoms with Crippen LogP contribution in [0.2, 0.25) is 0 Å². The van der Waals surface area contributed by atoms with Crippen LogP contribution in [-0.4, -0.2) is 44.9 Å². The van der Waals surface area contributed by atoms with Gasteiger partial charge in [-0.15, -0.1) is 0 Å². The number of benzene rings is 4. The molecule has 1 fully saturated rings. The molecule has 10 nitrogen and oxygen atoms in total. The van der Waals surface area contributed by atoms with Gasteiger partial charge in [0.1, 0.15) is 0 Å². The highest BCUT2D eigenvalue weighted by Gasteiger charge is 2.72. The summed E-state index contributed by atoms with van der Waals surface area (Å²) in [5, 5.41) is 0. The van der Waals surface area contributed by atoms with E-state index in [1.807, 2.05) is 44.4 Å². The molecule has 4 aromatic rings. The zero-order chi connectivity index (χ0) is 49.0. The summed E-state index contributed by atoms with van der Waals surface area (Å²) in [7, 11) is -10.1. The van der Waals surface area contributed by atoms with Crippen molar-refractivity contribution in [3.05, 3.63) is 142 Å². The summed E-state index contributed by atoms with van der Waals surface area (Å²) in [6.45, 7) is 34.7. The molecule has 360 valence electrons. The van der Waals surface area contributed by atoms with Gasteiger partial charge >= 0.3 is 23.8 Å². The predicted octanol–water partition coefficient (Wildman–Crippen LogP) is 13.7. The monoisotopic (exact) mass is 945 g/mol. The average molecular weight is 945 g/mol. The molecule has 0 aliphatic carbocycles. The van der Waals surface area contributed by atoms with Gasteiger partial charge in [-0.05, 0) is 91.9 Å². The van der Waals surface area contributed by atoms with Crippen LogP contribution in [-0.2, 0) is 13.0 Å². The quantitative estimate of drug-likeness (QED) is 0.119. The first-order valence-corrected chi connectivity index (χ1v) is 28.3. The van der Waals surface area contributed by atoms with Gasteiger partial charge in [0.15, 0.2) is 11.6 Å². The molecule has 4 aromatic carbocycles. The third kappa shape index (κ3) is 9.12. The van der Waals surface area contributed by atoms with E-state index in [4.69, 9.17) is 13.0 Å². The standard InChI is InChI=1S/C55H76N4O6Si2/c1-33(2)41-21-17-22-42(34(3)4)49(41)56-29-30-57(50-43(35(5)6)23-18-24-44(50)36(7)8)53(56)66(61)63-55(60)64-67(62,65-66)54-58(51-45(37(9)10)25-19-26-46(51)38(11)12)31-32-59(54)52-47(39(13)14)27-20-28-48(52)40(15)16/h17-40,53-54,61-62H,1-16H3. The molecule has 3 aliphatic heterocycles. The molecule has 0 saturated carbocycles. The van der Waals surface area contributed by atoms with E-state index in [0.29, 0.717) is 0 Å². The lowest BCUT2D eigenvalue weighted by Gasteiger charge is -2.49. The van der Waals surface area contributed by atoms with E-state index >= 15 is 0 Å². The van der Waals surface area contributed by atoms with E-state index in [1.54, 1.807) is 0 Å². The van der Waals surface area contributed by atoms with Crippen molar-refractivity contribution < 1.29 is 27.4 Å². The third-order valence-electron chi connectivity index (χ3n) is 13.6. The lowest BCUT2D eigenvalue weighted by Crippen LogP contribution is -2.78. The van der Waals surface area contributed by atoms with Crippen molar-refractivity contribution in [2.24, 2.45) is 0 Å². The van der Waals surface area contributed by atoms with Crippen LogP contribution >= 0.6 is 0 Å². The number of hydrogen-bond donors (Lipinski definition) is 2. The van der Waals surface area contributed by atoms with Crippen molar-refractivity contribution in [1.82, 2.24) is 0 Å². The molecule has 7 rings (SSSR count). The minimum Gasteiger partial charge on any atom is -0.440 e. The van der Waals surface area contributed by atoms with Crippen LogP contribution in [0.25, 0.3) is 0 Å². The highest BCUT2D eigenvalue weighted by molar-refractivity contribution is 6.79. The van der Waals surface area contributed by atoms with Crippen molar-refractivity contribution in [2.45, 2.75) is 170 Å². The maximum Gasteiger partial charge on any atom is 0.607 e. The molecule has 0 radical (unpaired) electrons. The summed E-state index contributed by atoms with van der Waals surface area (Å²) >= 11 is 0. The number of nitrogens with zero attached hydrogens (tertiary/aromatic N) is 4. The Balaban J connectivity index is 1.53. The normalized spacial score (nSPS) is 20.5. The fraction of sp³-hybridized carbons (Fsp3) is 0.473. The number of anilines is 4. The van der Waals surface area contributed by atoms with Gasteiger partial charge in [0, 0.05) is 47.5 Å². The number of hydrogen-bond acceptors (Lipinski definition) is 10. The molecule has 3 aliphatic rings.